The quantitative estimate of drug-likeness (QED) is 0.647. The van der Waals surface area contributed by atoms with Gasteiger partial charge in [-0.1, -0.05) is 32.0 Å². The lowest BCUT2D eigenvalue weighted by Crippen LogP contribution is -2.42. The highest BCUT2D eigenvalue weighted by molar-refractivity contribution is 5.74. The lowest BCUT2D eigenvalue weighted by atomic mass is 9.89. The Kier molecular flexibility index (Phi) is 7.32. The highest BCUT2D eigenvalue weighted by Crippen LogP contribution is 2.20. The molecule has 0 aliphatic carbocycles. The molecule has 0 heterocycles. The number of aliphatic hydroxyl groups is 1. The first-order valence-electron chi connectivity index (χ1n) is 7.73. The second-order valence-electron chi connectivity index (χ2n) is 6.52. The van der Waals surface area contributed by atoms with Gasteiger partial charge in [-0.3, -0.25) is 0 Å². The van der Waals surface area contributed by atoms with Gasteiger partial charge in [0.2, 0.25) is 0 Å². The van der Waals surface area contributed by atoms with Crippen LogP contribution < -0.4 is 10.6 Å². The van der Waals surface area contributed by atoms with Gasteiger partial charge < -0.3 is 15.7 Å². The van der Waals surface area contributed by atoms with Gasteiger partial charge in [-0.15, -0.1) is 0 Å². The van der Waals surface area contributed by atoms with Crippen molar-refractivity contribution >= 4 is 6.03 Å². The molecule has 0 saturated heterocycles. The molecular formula is C17H27FN2O2. The molecule has 0 radical (unpaired) electrons. The van der Waals surface area contributed by atoms with Crippen LogP contribution in [0.5, 0.6) is 0 Å². The van der Waals surface area contributed by atoms with Crippen LogP contribution in [0.15, 0.2) is 24.3 Å². The Bertz CT molecular complexity index is 477. The van der Waals surface area contributed by atoms with Crippen LogP contribution in [0.1, 0.15) is 39.2 Å². The van der Waals surface area contributed by atoms with E-state index in [1.807, 2.05) is 20.8 Å². The topological polar surface area (TPSA) is 61.4 Å². The number of rotatable bonds is 8. The van der Waals surface area contributed by atoms with Crippen LogP contribution in [-0.2, 0) is 6.42 Å². The fraction of sp³-hybridized carbons (Fsp3) is 0.588. The summed E-state index contributed by atoms with van der Waals surface area (Å²) in [7, 11) is 0. The lowest BCUT2D eigenvalue weighted by Gasteiger charge is -2.21. The van der Waals surface area contributed by atoms with E-state index in [9.17, 15) is 9.18 Å². The molecule has 22 heavy (non-hydrogen) atoms. The third-order valence-corrected chi connectivity index (χ3v) is 3.61. The van der Waals surface area contributed by atoms with Crippen molar-refractivity contribution in [3.8, 4) is 0 Å². The molecule has 124 valence electrons. The van der Waals surface area contributed by atoms with Crippen molar-refractivity contribution in [2.24, 2.45) is 5.41 Å². The maximum Gasteiger partial charge on any atom is 0.315 e. The highest BCUT2D eigenvalue weighted by atomic mass is 19.1. The maximum absolute atomic E-state index is 13.5. The zero-order chi connectivity index (χ0) is 16.6. The van der Waals surface area contributed by atoms with Gasteiger partial charge in [0.05, 0.1) is 0 Å². The van der Waals surface area contributed by atoms with Crippen molar-refractivity contribution in [3.63, 3.8) is 0 Å². The Morgan fingerprint density at radius 2 is 2.05 bits per heavy atom. The van der Waals surface area contributed by atoms with Crippen molar-refractivity contribution in [1.82, 2.24) is 10.6 Å². The second kappa shape index (κ2) is 8.73. The van der Waals surface area contributed by atoms with E-state index in [2.05, 4.69) is 10.6 Å². The number of urea groups is 1. The van der Waals surface area contributed by atoms with E-state index in [0.717, 1.165) is 12.8 Å². The molecule has 1 atom stereocenters. The summed E-state index contributed by atoms with van der Waals surface area (Å²) in [6, 6.07) is 6.19. The van der Waals surface area contributed by atoms with Crippen molar-refractivity contribution in [2.75, 3.05) is 13.2 Å². The number of carbonyl (C=O) groups excluding carboxylic acids is 1. The highest BCUT2D eigenvalue weighted by Gasteiger charge is 2.16. The van der Waals surface area contributed by atoms with Crippen LogP contribution in [-0.4, -0.2) is 30.3 Å². The molecule has 1 rings (SSSR count). The predicted molar refractivity (Wildman–Crippen MR) is 86.2 cm³/mol. The Labute approximate surface area is 132 Å². The number of carbonyl (C=O) groups is 1. The minimum atomic E-state index is -0.247. The third-order valence-electron chi connectivity index (χ3n) is 3.61. The van der Waals surface area contributed by atoms with Gasteiger partial charge in [0.25, 0.3) is 0 Å². The van der Waals surface area contributed by atoms with Crippen molar-refractivity contribution in [2.45, 2.75) is 46.1 Å². The smallest absolute Gasteiger partial charge is 0.315 e. The van der Waals surface area contributed by atoms with Crippen LogP contribution >= 0.6 is 0 Å². The van der Waals surface area contributed by atoms with Gasteiger partial charge >= 0.3 is 6.03 Å². The number of halogens is 1. The predicted octanol–water partition coefficient (Wildman–Crippen LogP) is 2.85. The number of aliphatic hydroxyl groups excluding tert-OH is 1. The molecule has 3 N–H and O–H groups in total. The number of benzene rings is 1. The molecule has 0 bridgehead atoms. The van der Waals surface area contributed by atoms with Gasteiger partial charge in [-0.2, -0.15) is 0 Å². The van der Waals surface area contributed by atoms with Crippen LogP contribution in [0.25, 0.3) is 0 Å². The summed E-state index contributed by atoms with van der Waals surface area (Å²) in [5.41, 5.74) is 0.482. The Balaban J connectivity index is 2.26. The zero-order valence-corrected chi connectivity index (χ0v) is 13.7. The molecule has 4 nitrogen and oxygen atoms in total. The summed E-state index contributed by atoms with van der Waals surface area (Å²) in [6.45, 7) is 6.52. The Hall–Kier alpha value is -1.62. The van der Waals surface area contributed by atoms with E-state index in [4.69, 9.17) is 5.11 Å². The number of nitrogens with one attached hydrogen (secondary N) is 2. The summed E-state index contributed by atoms with van der Waals surface area (Å²) in [4.78, 5) is 11.8. The summed E-state index contributed by atoms with van der Waals surface area (Å²) in [5.74, 6) is -0.247. The third kappa shape index (κ3) is 6.89. The van der Waals surface area contributed by atoms with Gasteiger partial charge in [0.15, 0.2) is 0 Å². The molecule has 1 unspecified atom stereocenters. The van der Waals surface area contributed by atoms with Crippen LogP contribution in [0.2, 0.25) is 0 Å². The number of amides is 2. The van der Waals surface area contributed by atoms with Gasteiger partial charge in [-0.05, 0) is 43.2 Å². The Morgan fingerprint density at radius 1 is 1.36 bits per heavy atom. The summed E-state index contributed by atoms with van der Waals surface area (Å²) < 4.78 is 13.5. The molecular weight excluding hydrogens is 283 g/mol. The van der Waals surface area contributed by atoms with Crippen LogP contribution in [0.4, 0.5) is 9.18 Å². The molecule has 2 amide bonds. The van der Waals surface area contributed by atoms with E-state index in [1.54, 1.807) is 18.2 Å². The molecule has 1 aromatic carbocycles. The van der Waals surface area contributed by atoms with Crippen molar-refractivity contribution < 1.29 is 14.3 Å². The Morgan fingerprint density at radius 3 is 2.68 bits per heavy atom. The summed E-state index contributed by atoms with van der Waals surface area (Å²) in [6.07, 6.45) is 2.11. The zero-order valence-electron chi connectivity index (χ0n) is 13.7. The first-order chi connectivity index (χ1) is 10.3. The van der Waals surface area contributed by atoms with E-state index in [1.165, 1.54) is 6.07 Å². The van der Waals surface area contributed by atoms with E-state index < -0.39 is 0 Å². The fourth-order valence-corrected chi connectivity index (χ4v) is 2.17. The molecule has 0 spiro atoms. The largest absolute Gasteiger partial charge is 0.396 e. The molecule has 0 saturated carbocycles. The lowest BCUT2D eigenvalue weighted by molar-refractivity contribution is 0.148. The number of hydrogen-bond acceptors (Lipinski definition) is 2. The molecule has 0 aliphatic rings. The normalized spacial score (nSPS) is 12.8. The van der Waals surface area contributed by atoms with Gasteiger partial charge in [0, 0.05) is 19.2 Å². The standard InChI is InChI=1S/C17H27FN2O2/c1-13(11-14-7-4-5-8-15(14)18)20-16(22)19-10-6-9-17(2,3)12-21/h4-5,7-8,13,21H,6,9-12H2,1-3H3,(H2,19,20,22). The first-order valence-corrected chi connectivity index (χ1v) is 7.73. The molecule has 0 aromatic heterocycles. The van der Waals surface area contributed by atoms with Gasteiger partial charge in [-0.25, -0.2) is 9.18 Å². The minimum absolute atomic E-state index is 0.115. The van der Waals surface area contributed by atoms with Crippen molar-refractivity contribution in [1.29, 1.82) is 0 Å². The fourth-order valence-electron chi connectivity index (χ4n) is 2.17. The maximum atomic E-state index is 13.5. The van der Waals surface area contributed by atoms with Crippen LogP contribution in [0, 0.1) is 11.2 Å². The SMILES string of the molecule is CC(Cc1ccccc1F)NC(=O)NCCCC(C)(C)CO. The second-order valence-corrected chi connectivity index (χ2v) is 6.52. The summed E-state index contributed by atoms with van der Waals surface area (Å²) in [5, 5.41) is 14.7. The minimum Gasteiger partial charge on any atom is -0.396 e. The van der Waals surface area contributed by atoms with E-state index >= 15 is 0 Å². The van der Waals surface area contributed by atoms with Crippen LogP contribution in [0.3, 0.4) is 0 Å². The average Bonchev–Trinajstić information content (AvgIpc) is 2.46. The van der Waals surface area contributed by atoms with E-state index in [-0.39, 0.29) is 29.9 Å². The first kappa shape index (κ1) is 18.4. The van der Waals surface area contributed by atoms with Crippen molar-refractivity contribution in [3.05, 3.63) is 35.6 Å². The summed E-state index contributed by atoms with van der Waals surface area (Å²) >= 11 is 0. The van der Waals surface area contributed by atoms with Gasteiger partial charge in [0.1, 0.15) is 5.82 Å². The molecule has 0 aliphatic heterocycles. The molecule has 0 fully saturated rings. The van der Waals surface area contributed by atoms with E-state index in [0.29, 0.717) is 18.5 Å². The molecule has 5 heteroatoms. The molecule has 1 aromatic rings. The number of hydrogen-bond donors (Lipinski definition) is 3. The average molecular weight is 310 g/mol. The monoisotopic (exact) mass is 310 g/mol.